The number of hydrogen-bond donors (Lipinski definition) is 0. The molecule has 8 aromatic carbocycles. The Hall–Kier alpha value is -6.84. The molecule has 3 nitrogen and oxygen atoms in total. The fourth-order valence-electron chi connectivity index (χ4n) is 8.93. The third kappa shape index (κ3) is 4.55. The summed E-state index contributed by atoms with van der Waals surface area (Å²) in [6.07, 6.45) is 0. The van der Waals surface area contributed by atoms with Gasteiger partial charge in [0.1, 0.15) is 11.2 Å². The van der Waals surface area contributed by atoms with E-state index in [0.29, 0.717) is 0 Å². The van der Waals surface area contributed by atoms with Crippen LogP contribution >= 0.6 is 0 Å². The number of para-hydroxylation sites is 2. The van der Waals surface area contributed by atoms with Gasteiger partial charge in [0.25, 0.3) is 0 Å². The third-order valence-electron chi connectivity index (χ3n) is 11.6. The molecule has 0 aliphatic heterocycles. The predicted molar refractivity (Wildman–Crippen MR) is 226 cm³/mol. The van der Waals surface area contributed by atoms with Gasteiger partial charge in [-0.05, 0) is 106 Å². The predicted octanol–water partition coefficient (Wildman–Crippen LogP) is 14.1. The summed E-state index contributed by atoms with van der Waals surface area (Å²) in [7, 11) is 0. The van der Waals surface area contributed by atoms with Crippen molar-refractivity contribution in [3.63, 3.8) is 0 Å². The van der Waals surface area contributed by atoms with Crippen molar-refractivity contribution in [2.24, 2.45) is 0 Å². The van der Waals surface area contributed by atoms with Gasteiger partial charge in [0, 0.05) is 49.7 Å². The first-order chi connectivity index (χ1) is 26.5. The van der Waals surface area contributed by atoms with E-state index in [0.717, 1.165) is 50.2 Å². The quantitative estimate of drug-likeness (QED) is 0.179. The smallest absolute Gasteiger partial charge is 0.136 e. The van der Waals surface area contributed by atoms with Crippen molar-refractivity contribution < 1.29 is 4.42 Å². The van der Waals surface area contributed by atoms with Crippen molar-refractivity contribution in [2.45, 2.75) is 19.3 Å². The molecule has 1 aliphatic rings. The van der Waals surface area contributed by atoms with Gasteiger partial charge in [-0.15, -0.1) is 0 Å². The molecule has 54 heavy (non-hydrogen) atoms. The summed E-state index contributed by atoms with van der Waals surface area (Å²) in [4.78, 5) is 2.39. The molecule has 10 aromatic rings. The molecule has 256 valence electrons. The van der Waals surface area contributed by atoms with E-state index in [1.807, 2.05) is 12.1 Å². The summed E-state index contributed by atoms with van der Waals surface area (Å²) >= 11 is 0. The Labute approximate surface area is 314 Å². The molecule has 0 N–H and O–H groups in total. The molecule has 1 aliphatic carbocycles. The van der Waals surface area contributed by atoms with Gasteiger partial charge in [0.05, 0.1) is 11.0 Å². The van der Waals surface area contributed by atoms with Crippen molar-refractivity contribution in [1.82, 2.24) is 4.57 Å². The third-order valence-corrected chi connectivity index (χ3v) is 11.6. The lowest BCUT2D eigenvalue weighted by Gasteiger charge is -2.28. The Morgan fingerprint density at radius 3 is 1.87 bits per heavy atom. The van der Waals surface area contributed by atoms with E-state index >= 15 is 0 Å². The number of nitrogens with zero attached hydrogens (tertiary/aromatic N) is 2. The minimum Gasteiger partial charge on any atom is -0.456 e. The Bertz CT molecular complexity index is 3060. The van der Waals surface area contributed by atoms with Crippen molar-refractivity contribution in [2.75, 3.05) is 4.90 Å². The summed E-state index contributed by atoms with van der Waals surface area (Å²) in [6.45, 7) is 4.70. The first-order valence-electron chi connectivity index (χ1n) is 18.7. The van der Waals surface area contributed by atoms with Gasteiger partial charge in [-0.25, -0.2) is 0 Å². The average Bonchev–Trinajstić information content (AvgIpc) is 3.83. The summed E-state index contributed by atoms with van der Waals surface area (Å²) in [6, 6.07) is 66.0. The van der Waals surface area contributed by atoms with Crippen LogP contribution in [0.2, 0.25) is 0 Å². The van der Waals surface area contributed by atoms with Crippen LogP contribution in [-0.4, -0.2) is 4.57 Å². The van der Waals surface area contributed by atoms with Crippen molar-refractivity contribution in [3.05, 3.63) is 193 Å². The minimum absolute atomic E-state index is 0.100. The van der Waals surface area contributed by atoms with Gasteiger partial charge >= 0.3 is 0 Å². The fourth-order valence-corrected chi connectivity index (χ4v) is 8.93. The number of furan rings is 1. The maximum atomic E-state index is 6.33. The van der Waals surface area contributed by atoms with Gasteiger partial charge < -0.3 is 13.9 Å². The number of benzene rings is 8. The van der Waals surface area contributed by atoms with Crippen molar-refractivity contribution in [3.8, 4) is 27.9 Å². The maximum Gasteiger partial charge on any atom is 0.136 e. The van der Waals surface area contributed by atoms with Crippen LogP contribution in [0.1, 0.15) is 25.0 Å². The first kappa shape index (κ1) is 30.8. The molecule has 0 radical (unpaired) electrons. The van der Waals surface area contributed by atoms with Crippen molar-refractivity contribution in [1.29, 1.82) is 0 Å². The van der Waals surface area contributed by atoms with Gasteiger partial charge in [-0.2, -0.15) is 0 Å². The highest BCUT2D eigenvalue weighted by atomic mass is 16.3. The molecule has 0 fully saturated rings. The molecule has 0 atom stereocenters. The van der Waals surface area contributed by atoms with E-state index < -0.39 is 0 Å². The summed E-state index contributed by atoms with van der Waals surface area (Å²) in [5, 5.41) is 4.66. The second-order valence-corrected chi connectivity index (χ2v) is 15.0. The molecule has 0 amide bonds. The van der Waals surface area contributed by atoms with Crippen LogP contribution in [-0.2, 0) is 5.41 Å². The zero-order chi connectivity index (χ0) is 36.0. The normalized spacial score (nSPS) is 13.1. The Morgan fingerprint density at radius 1 is 0.426 bits per heavy atom. The van der Waals surface area contributed by atoms with E-state index in [1.54, 1.807) is 0 Å². The number of hydrogen-bond acceptors (Lipinski definition) is 2. The minimum atomic E-state index is -0.100. The lowest BCUT2D eigenvalue weighted by Crippen LogP contribution is -2.16. The lowest BCUT2D eigenvalue weighted by molar-refractivity contribution is 0.660. The highest BCUT2D eigenvalue weighted by Gasteiger charge is 2.35. The number of anilines is 3. The zero-order valence-corrected chi connectivity index (χ0v) is 30.1. The van der Waals surface area contributed by atoms with Crippen LogP contribution in [0.3, 0.4) is 0 Å². The largest absolute Gasteiger partial charge is 0.456 e. The standard InChI is InChI=1S/C51H36N2O/c1-51(2)45-17-9-6-14-39(45)40-29-28-38(30-46(40)51)52(35-22-20-34(21-23-35)33-12-4-3-5-13-33)36-24-26-37(27-25-36)53-47-18-10-7-15-41(47)43-32-50-44(31-48(43)53)42-16-8-11-19-49(42)54-50/h3-32H,1-2H3. The molecular weight excluding hydrogens is 657 g/mol. The lowest BCUT2D eigenvalue weighted by atomic mass is 9.82. The van der Waals surface area contributed by atoms with Crippen LogP contribution in [0.4, 0.5) is 17.1 Å². The molecule has 0 saturated heterocycles. The molecule has 0 unspecified atom stereocenters. The number of aromatic nitrogens is 1. The molecule has 2 heterocycles. The number of rotatable bonds is 5. The Morgan fingerprint density at radius 2 is 1.06 bits per heavy atom. The molecule has 0 bridgehead atoms. The molecule has 0 spiro atoms. The van der Waals surface area contributed by atoms with Crippen LogP contribution in [0.5, 0.6) is 0 Å². The van der Waals surface area contributed by atoms with Crippen LogP contribution in [0.25, 0.3) is 71.7 Å². The highest BCUT2D eigenvalue weighted by Crippen LogP contribution is 2.51. The van der Waals surface area contributed by atoms with Gasteiger partial charge in [-0.1, -0.05) is 123 Å². The monoisotopic (exact) mass is 692 g/mol. The average molecular weight is 693 g/mol. The van der Waals surface area contributed by atoms with Crippen LogP contribution in [0.15, 0.2) is 186 Å². The van der Waals surface area contributed by atoms with E-state index in [9.17, 15) is 0 Å². The maximum absolute atomic E-state index is 6.33. The van der Waals surface area contributed by atoms with E-state index in [2.05, 4.69) is 193 Å². The SMILES string of the molecule is CC1(C)c2ccccc2-c2ccc(N(c3ccc(-c4ccccc4)cc3)c3ccc(-n4c5ccccc5c5cc6oc7ccccc7c6cc54)cc3)cc21. The number of fused-ring (bicyclic) bond motifs is 9. The molecule has 11 rings (SSSR count). The molecule has 2 aromatic heterocycles. The second kappa shape index (κ2) is 11.6. The molecular formula is C51H36N2O. The van der Waals surface area contributed by atoms with E-state index in [1.165, 1.54) is 49.7 Å². The van der Waals surface area contributed by atoms with Crippen molar-refractivity contribution >= 4 is 60.8 Å². The zero-order valence-electron chi connectivity index (χ0n) is 30.1. The second-order valence-electron chi connectivity index (χ2n) is 15.0. The highest BCUT2D eigenvalue weighted by molar-refractivity contribution is 6.17. The Kier molecular flexibility index (Phi) is 6.60. The molecule has 3 heteroatoms. The van der Waals surface area contributed by atoms with Gasteiger partial charge in [-0.3, -0.25) is 0 Å². The topological polar surface area (TPSA) is 21.3 Å². The first-order valence-corrected chi connectivity index (χ1v) is 18.7. The van der Waals surface area contributed by atoms with Gasteiger partial charge in [0.2, 0.25) is 0 Å². The van der Waals surface area contributed by atoms with E-state index in [-0.39, 0.29) is 5.41 Å². The van der Waals surface area contributed by atoms with Gasteiger partial charge in [0.15, 0.2) is 0 Å². The molecule has 0 saturated carbocycles. The van der Waals surface area contributed by atoms with Crippen LogP contribution in [0, 0.1) is 0 Å². The summed E-state index contributed by atoms with van der Waals surface area (Å²) in [5.41, 5.74) is 16.3. The fraction of sp³-hybridized carbons (Fsp3) is 0.0588. The Balaban J connectivity index is 1.07. The summed E-state index contributed by atoms with van der Waals surface area (Å²) < 4.78 is 8.72. The van der Waals surface area contributed by atoms with E-state index in [4.69, 9.17) is 4.42 Å². The summed E-state index contributed by atoms with van der Waals surface area (Å²) in [5.74, 6) is 0. The van der Waals surface area contributed by atoms with Crippen LogP contribution < -0.4 is 4.90 Å².